The number of aryl methyl sites for hydroxylation is 1. The molecule has 9 heteroatoms. The lowest BCUT2D eigenvalue weighted by molar-refractivity contribution is 0.0527. The van der Waals surface area contributed by atoms with Crippen molar-refractivity contribution in [1.82, 2.24) is 19.7 Å². The Hall–Kier alpha value is -3.33. The molecule has 4 rings (SSSR count). The Morgan fingerprint density at radius 3 is 2.75 bits per heavy atom. The molecule has 0 aliphatic heterocycles. The number of rotatable bonds is 4. The second-order valence-corrected chi connectivity index (χ2v) is 7.20. The molecule has 142 valence electrons. The molecule has 0 fully saturated rings. The topological polar surface area (TPSA) is 95.9 Å². The monoisotopic (exact) mass is 397 g/mol. The number of nitrogens with zero attached hydrogens (tertiary/aromatic N) is 4. The molecule has 0 amide bonds. The summed E-state index contributed by atoms with van der Waals surface area (Å²) in [5.41, 5.74) is 8.05. The molecule has 4 aromatic rings. The highest BCUT2D eigenvalue weighted by molar-refractivity contribution is 7.19. The van der Waals surface area contributed by atoms with Crippen molar-refractivity contribution in [3.05, 3.63) is 53.0 Å². The second kappa shape index (κ2) is 7.01. The van der Waals surface area contributed by atoms with Crippen LogP contribution in [0.25, 0.3) is 27.2 Å². The standard InChI is InChI=1S/C19H16FN5O2S/c1-3-27-19(26)13-8-24-25(16(13)21)17-15-14(11-4-6-12(20)7-5-11)10(2)28-18(15)23-9-22-17/h4-9H,3,21H2,1-2H3. The quantitative estimate of drug-likeness (QED) is 0.527. The van der Waals surface area contributed by atoms with Gasteiger partial charge in [0, 0.05) is 10.4 Å². The molecule has 0 aliphatic carbocycles. The minimum atomic E-state index is -0.545. The van der Waals surface area contributed by atoms with E-state index in [-0.39, 0.29) is 23.8 Å². The van der Waals surface area contributed by atoms with Gasteiger partial charge in [0.15, 0.2) is 5.82 Å². The predicted octanol–water partition coefficient (Wildman–Crippen LogP) is 3.75. The fraction of sp³-hybridized carbons (Fsp3) is 0.158. The zero-order valence-electron chi connectivity index (χ0n) is 15.1. The maximum absolute atomic E-state index is 13.4. The van der Waals surface area contributed by atoms with Gasteiger partial charge in [0.1, 0.15) is 28.4 Å². The van der Waals surface area contributed by atoms with Crippen LogP contribution in [0.2, 0.25) is 0 Å². The van der Waals surface area contributed by atoms with E-state index in [4.69, 9.17) is 10.5 Å². The van der Waals surface area contributed by atoms with Gasteiger partial charge in [0.25, 0.3) is 0 Å². The highest BCUT2D eigenvalue weighted by Gasteiger charge is 2.22. The molecule has 0 saturated carbocycles. The van der Waals surface area contributed by atoms with Gasteiger partial charge in [-0.15, -0.1) is 11.3 Å². The Kier molecular flexibility index (Phi) is 4.52. The van der Waals surface area contributed by atoms with Gasteiger partial charge in [-0.05, 0) is 31.5 Å². The molecule has 7 nitrogen and oxygen atoms in total. The average Bonchev–Trinajstić information content (AvgIpc) is 3.22. The molecule has 0 radical (unpaired) electrons. The molecule has 3 heterocycles. The van der Waals surface area contributed by atoms with Crippen molar-refractivity contribution in [3.63, 3.8) is 0 Å². The summed E-state index contributed by atoms with van der Waals surface area (Å²) in [7, 11) is 0. The summed E-state index contributed by atoms with van der Waals surface area (Å²) >= 11 is 1.50. The Bertz CT molecular complexity index is 1180. The van der Waals surface area contributed by atoms with E-state index in [0.717, 1.165) is 26.2 Å². The summed E-state index contributed by atoms with van der Waals surface area (Å²) in [6.07, 6.45) is 2.78. The molecule has 28 heavy (non-hydrogen) atoms. The number of halogens is 1. The van der Waals surface area contributed by atoms with Crippen LogP contribution in [0.3, 0.4) is 0 Å². The van der Waals surface area contributed by atoms with Gasteiger partial charge in [-0.1, -0.05) is 12.1 Å². The third-order valence-corrected chi connectivity index (χ3v) is 5.29. The zero-order valence-corrected chi connectivity index (χ0v) is 16.0. The van der Waals surface area contributed by atoms with Crippen LogP contribution < -0.4 is 5.73 Å². The van der Waals surface area contributed by atoms with Gasteiger partial charge in [-0.2, -0.15) is 9.78 Å². The molecule has 0 atom stereocenters. The van der Waals surface area contributed by atoms with Gasteiger partial charge < -0.3 is 10.5 Å². The molecule has 0 spiro atoms. The first-order valence-electron chi connectivity index (χ1n) is 8.52. The lowest BCUT2D eigenvalue weighted by Gasteiger charge is -2.08. The molecule has 2 N–H and O–H groups in total. The Labute approximate surface area is 163 Å². The van der Waals surface area contributed by atoms with Crippen molar-refractivity contribution in [1.29, 1.82) is 0 Å². The number of ether oxygens (including phenoxy) is 1. The van der Waals surface area contributed by atoms with Crippen molar-refractivity contribution in [2.45, 2.75) is 13.8 Å². The fourth-order valence-electron chi connectivity index (χ4n) is 3.05. The third-order valence-electron chi connectivity index (χ3n) is 4.28. The maximum atomic E-state index is 13.4. The predicted molar refractivity (Wildman–Crippen MR) is 105 cm³/mol. The lowest BCUT2D eigenvalue weighted by atomic mass is 10.0. The van der Waals surface area contributed by atoms with Crippen LogP contribution in [0.1, 0.15) is 22.2 Å². The number of esters is 1. The van der Waals surface area contributed by atoms with E-state index in [1.807, 2.05) is 6.92 Å². The minimum absolute atomic E-state index is 0.132. The van der Waals surface area contributed by atoms with Gasteiger partial charge in [0.2, 0.25) is 0 Å². The Balaban J connectivity index is 1.94. The van der Waals surface area contributed by atoms with Gasteiger partial charge >= 0.3 is 5.97 Å². The SMILES string of the molecule is CCOC(=O)c1cnn(-c2ncnc3sc(C)c(-c4ccc(F)cc4)c23)c1N. The minimum Gasteiger partial charge on any atom is -0.462 e. The fourth-order valence-corrected chi connectivity index (χ4v) is 4.05. The second-order valence-electron chi connectivity index (χ2n) is 5.99. The first-order valence-corrected chi connectivity index (χ1v) is 9.34. The van der Waals surface area contributed by atoms with Crippen molar-refractivity contribution < 1.29 is 13.9 Å². The van der Waals surface area contributed by atoms with E-state index < -0.39 is 5.97 Å². The first-order chi connectivity index (χ1) is 13.5. The number of benzene rings is 1. The molecule has 0 saturated heterocycles. The van der Waals surface area contributed by atoms with Crippen LogP contribution in [0, 0.1) is 12.7 Å². The van der Waals surface area contributed by atoms with Crippen molar-refractivity contribution in [2.24, 2.45) is 0 Å². The number of nitrogens with two attached hydrogens (primary N) is 1. The number of anilines is 1. The maximum Gasteiger partial charge on any atom is 0.343 e. The van der Waals surface area contributed by atoms with Gasteiger partial charge in [-0.25, -0.2) is 19.2 Å². The Morgan fingerprint density at radius 2 is 2.04 bits per heavy atom. The van der Waals surface area contributed by atoms with Crippen LogP contribution in [-0.4, -0.2) is 32.3 Å². The number of hydrogen-bond donors (Lipinski definition) is 1. The molecular weight excluding hydrogens is 381 g/mol. The van der Waals surface area contributed by atoms with Crippen molar-refractivity contribution >= 4 is 33.3 Å². The number of aromatic nitrogens is 4. The largest absolute Gasteiger partial charge is 0.462 e. The summed E-state index contributed by atoms with van der Waals surface area (Å²) in [5.74, 6) is -0.279. The molecule has 0 unspecified atom stereocenters. The van der Waals surface area contributed by atoms with Crippen molar-refractivity contribution in [3.8, 4) is 16.9 Å². The van der Waals surface area contributed by atoms with E-state index in [2.05, 4.69) is 15.1 Å². The Morgan fingerprint density at radius 1 is 1.29 bits per heavy atom. The number of thiophene rings is 1. The van der Waals surface area contributed by atoms with E-state index in [9.17, 15) is 9.18 Å². The molecule has 1 aromatic carbocycles. The highest BCUT2D eigenvalue weighted by atomic mass is 32.1. The van der Waals surface area contributed by atoms with Crippen LogP contribution in [0.5, 0.6) is 0 Å². The lowest BCUT2D eigenvalue weighted by Crippen LogP contribution is -2.10. The van der Waals surface area contributed by atoms with Gasteiger partial charge in [0.05, 0.1) is 18.2 Å². The number of carbonyl (C=O) groups is 1. The molecule has 3 aromatic heterocycles. The van der Waals surface area contributed by atoms with Crippen LogP contribution in [0.15, 0.2) is 36.8 Å². The summed E-state index contributed by atoms with van der Waals surface area (Å²) in [4.78, 5) is 22.5. The smallest absolute Gasteiger partial charge is 0.343 e. The summed E-state index contributed by atoms with van der Waals surface area (Å²) in [6.45, 7) is 3.92. The van der Waals surface area contributed by atoms with E-state index >= 15 is 0 Å². The molecule has 0 aliphatic rings. The third kappa shape index (κ3) is 2.89. The summed E-state index contributed by atoms with van der Waals surface area (Å²) in [5, 5.41) is 4.98. The summed E-state index contributed by atoms with van der Waals surface area (Å²) < 4.78 is 19.8. The number of carbonyl (C=O) groups excluding carboxylic acids is 1. The zero-order chi connectivity index (χ0) is 19.8. The number of nitrogen functional groups attached to an aromatic ring is 1. The molecular formula is C19H16FN5O2S. The normalized spacial score (nSPS) is 11.1. The van der Waals surface area contributed by atoms with Gasteiger partial charge in [-0.3, -0.25) is 0 Å². The number of hydrogen-bond acceptors (Lipinski definition) is 7. The van der Waals surface area contributed by atoms with Crippen molar-refractivity contribution in [2.75, 3.05) is 12.3 Å². The van der Waals surface area contributed by atoms with Crippen LogP contribution in [-0.2, 0) is 4.74 Å². The van der Waals surface area contributed by atoms with E-state index in [1.165, 1.54) is 40.7 Å². The molecule has 0 bridgehead atoms. The van der Waals surface area contributed by atoms with E-state index in [0.29, 0.717) is 5.82 Å². The first kappa shape index (κ1) is 18.1. The van der Waals surface area contributed by atoms with Crippen LogP contribution >= 0.6 is 11.3 Å². The van der Waals surface area contributed by atoms with E-state index in [1.54, 1.807) is 19.1 Å². The summed E-state index contributed by atoms with van der Waals surface area (Å²) in [6, 6.07) is 6.22. The average molecular weight is 397 g/mol. The number of fused-ring (bicyclic) bond motifs is 1. The van der Waals surface area contributed by atoms with Crippen LogP contribution in [0.4, 0.5) is 10.2 Å². The highest BCUT2D eigenvalue weighted by Crippen LogP contribution is 2.40.